The Labute approximate surface area is 130 Å². The van der Waals surface area contributed by atoms with Crippen LogP contribution < -0.4 is 5.32 Å². The molecule has 0 saturated heterocycles. The zero-order valence-corrected chi connectivity index (χ0v) is 13.8. The molecule has 1 fully saturated rings. The molecule has 0 bridgehead atoms. The van der Waals surface area contributed by atoms with Crippen molar-refractivity contribution in [3.63, 3.8) is 0 Å². The second kappa shape index (κ2) is 6.24. The summed E-state index contributed by atoms with van der Waals surface area (Å²) in [5.74, 6) is -0.473. The van der Waals surface area contributed by atoms with Gasteiger partial charge in [-0.25, -0.2) is 17.6 Å². The minimum absolute atomic E-state index is 0.0608. The molecule has 1 saturated carbocycles. The number of carbonyl (C=O) groups excluding carboxylic acids is 1. The minimum atomic E-state index is -3.18. The van der Waals surface area contributed by atoms with Gasteiger partial charge in [0, 0.05) is 29.6 Å². The maximum absolute atomic E-state index is 13.5. The highest BCUT2D eigenvalue weighted by Gasteiger charge is 2.37. The molecule has 22 heavy (non-hydrogen) atoms. The average molecular weight is 328 g/mol. The van der Waals surface area contributed by atoms with Crippen molar-refractivity contribution in [2.75, 3.05) is 17.3 Å². The predicted octanol–water partition coefficient (Wildman–Crippen LogP) is 2.56. The van der Waals surface area contributed by atoms with Gasteiger partial charge in [-0.1, -0.05) is 6.07 Å². The van der Waals surface area contributed by atoms with Gasteiger partial charge in [0.1, 0.15) is 15.7 Å². The van der Waals surface area contributed by atoms with Gasteiger partial charge in [-0.3, -0.25) is 0 Å². The number of halogens is 1. The van der Waals surface area contributed by atoms with Crippen LogP contribution in [-0.4, -0.2) is 43.4 Å². The molecule has 0 spiro atoms. The minimum Gasteiger partial charge on any atom is -0.318 e. The third-order valence-corrected chi connectivity index (χ3v) is 4.79. The van der Waals surface area contributed by atoms with Gasteiger partial charge in [-0.15, -0.1) is 0 Å². The molecular formula is C15H21FN2O3S. The number of carbonyl (C=O) groups is 1. The summed E-state index contributed by atoms with van der Waals surface area (Å²) in [4.78, 5) is 14.0. The summed E-state index contributed by atoms with van der Waals surface area (Å²) < 4.78 is 36.5. The Morgan fingerprint density at radius 2 is 2.09 bits per heavy atom. The molecular weight excluding hydrogens is 307 g/mol. The fraction of sp³-hybridized carbons (Fsp3) is 0.533. The number of urea groups is 1. The van der Waals surface area contributed by atoms with E-state index in [1.165, 1.54) is 12.1 Å². The number of hydrogen-bond acceptors (Lipinski definition) is 3. The molecule has 5 nitrogen and oxygen atoms in total. The SMILES string of the molecule is Cc1c(F)cccc1NC(=O)N(C1CC1)[C@@H](C)CS(C)(=O)=O. The van der Waals surface area contributed by atoms with Gasteiger partial charge in [0.05, 0.1) is 5.75 Å². The van der Waals surface area contributed by atoms with Gasteiger partial charge in [-0.05, 0) is 38.8 Å². The van der Waals surface area contributed by atoms with Gasteiger partial charge < -0.3 is 10.2 Å². The fourth-order valence-corrected chi connectivity index (χ4v) is 3.56. The lowest BCUT2D eigenvalue weighted by atomic mass is 10.2. The van der Waals surface area contributed by atoms with Crippen molar-refractivity contribution in [1.82, 2.24) is 4.90 Å². The van der Waals surface area contributed by atoms with E-state index in [-0.39, 0.29) is 23.6 Å². The Bertz CT molecular complexity index is 671. The zero-order valence-electron chi connectivity index (χ0n) is 13.0. The summed E-state index contributed by atoms with van der Waals surface area (Å²) in [5, 5.41) is 2.69. The molecule has 1 aliphatic carbocycles. The van der Waals surface area contributed by atoms with Crippen LogP contribution in [0.25, 0.3) is 0 Å². The van der Waals surface area contributed by atoms with Crippen LogP contribution in [0.15, 0.2) is 18.2 Å². The molecule has 2 rings (SSSR count). The van der Waals surface area contributed by atoms with Crippen molar-refractivity contribution in [1.29, 1.82) is 0 Å². The molecule has 0 aliphatic heterocycles. The second-order valence-electron chi connectivity index (χ2n) is 5.92. The molecule has 1 aromatic rings. The predicted molar refractivity (Wildman–Crippen MR) is 84.2 cm³/mol. The van der Waals surface area contributed by atoms with Crippen molar-refractivity contribution < 1.29 is 17.6 Å². The smallest absolute Gasteiger partial charge is 0.318 e. The highest BCUT2D eigenvalue weighted by molar-refractivity contribution is 7.90. The van der Waals surface area contributed by atoms with E-state index in [4.69, 9.17) is 0 Å². The summed E-state index contributed by atoms with van der Waals surface area (Å²) in [7, 11) is -3.18. The molecule has 1 N–H and O–H groups in total. The van der Waals surface area contributed by atoms with Crippen molar-refractivity contribution in [3.8, 4) is 0 Å². The van der Waals surface area contributed by atoms with Gasteiger partial charge in [0.15, 0.2) is 0 Å². The monoisotopic (exact) mass is 328 g/mol. The number of amides is 2. The maximum Gasteiger partial charge on any atom is 0.322 e. The van der Waals surface area contributed by atoms with E-state index < -0.39 is 15.9 Å². The molecule has 0 heterocycles. The van der Waals surface area contributed by atoms with E-state index in [2.05, 4.69) is 5.32 Å². The molecule has 2 amide bonds. The van der Waals surface area contributed by atoms with E-state index in [9.17, 15) is 17.6 Å². The summed E-state index contributed by atoms with van der Waals surface area (Å²) in [6, 6.07) is 3.74. The number of hydrogen-bond donors (Lipinski definition) is 1. The molecule has 0 aromatic heterocycles. The summed E-state index contributed by atoms with van der Waals surface area (Å²) >= 11 is 0. The number of rotatable bonds is 5. The van der Waals surface area contributed by atoms with Crippen molar-refractivity contribution >= 4 is 21.6 Å². The van der Waals surface area contributed by atoms with Crippen LogP contribution in [-0.2, 0) is 9.84 Å². The summed E-state index contributed by atoms with van der Waals surface area (Å²) in [5.41, 5.74) is 0.768. The summed E-state index contributed by atoms with van der Waals surface area (Å²) in [6.07, 6.45) is 2.89. The van der Waals surface area contributed by atoms with Crippen molar-refractivity contribution in [2.24, 2.45) is 0 Å². The van der Waals surface area contributed by atoms with E-state index in [1.54, 1.807) is 24.8 Å². The third-order valence-electron chi connectivity index (χ3n) is 3.70. The van der Waals surface area contributed by atoms with E-state index in [0.29, 0.717) is 11.3 Å². The number of sulfone groups is 1. The number of anilines is 1. The summed E-state index contributed by atoms with van der Waals surface area (Å²) in [6.45, 7) is 3.31. The largest absolute Gasteiger partial charge is 0.322 e. The number of benzene rings is 1. The van der Waals surface area contributed by atoms with E-state index in [1.807, 2.05) is 0 Å². The first kappa shape index (κ1) is 16.7. The molecule has 0 radical (unpaired) electrons. The van der Waals surface area contributed by atoms with Crippen LogP contribution in [0.5, 0.6) is 0 Å². The third kappa shape index (κ3) is 4.19. The highest BCUT2D eigenvalue weighted by atomic mass is 32.2. The lowest BCUT2D eigenvalue weighted by Gasteiger charge is -2.29. The molecule has 0 unspecified atom stereocenters. The average Bonchev–Trinajstić information content (AvgIpc) is 3.17. The standard InChI is InChI=1S/C15H21FN2O3S/c1-10(9-22(3,20)21)18(12-7-8-12)15(19)17-14-6-4-5-13(16)11(14)2/h4-6,10,12H,7-9H2,1-3H3,(H,17,19)/t10-/m0/s1. The lowest BCUT2D eigenvalue weighted by Crippen LogP contribution is -2.46. The first-order valence-electron chi connectivity index (χ1n) is 7.21. The van der Waals surface area contributed by atoms with Gasteiger partial charge in [0.2, 0.25) is 0 Å². The Morgan fingerprint density at radius 3 is 2.64 bits per heavy atom. The molecule has 7 heteroatoms. The van der Waals surface area contributed by atoms with Crippen LogP contribution >= 0.6 is 0 Å². The molecule has 122 valence electrons. The van der Waals surface area contributed by atoms with E-state index >= 15 is 0 Å². The highest BCUT2D eigenvalue weighted by Crippen LogP contribution is 2.30. The van der Waals surface area contributed by atoms with Crippen LogP contribution in [0.4, 0.5) is 14.9 Å². The van der Waals surface area contributed by atoms with E-state index in [0.717, 1.165) is 19.1 Å². The Morgan fingerprint density at radius 1 is 1.45 bits per heavy atom. The first-order chi connectivity index (χ1) is 10.2. The Hall–Kier alpha value is -1.63. The Balaban J connectivity index is 2.15. The second-order valence-corrected chi connectivity index (χ2v) is 8.11. The number of nitrogens with one attached hydrogen (secondary N) is 1. The Kier molecular flexibility index (Phi) is 4.75. The van der Waals surface area contributed by atoms with Crippen molar-refractivity contribution in [3.05, 3.63) is 29.6 Å². The fourth-order valence-electron chi connectivity index (χ4n) is 2.52. The zero-order chi connectivity index (χ0) is 16.5. The van der Waals surface area contributed by atoms with Crippen LogP contribution in [0.1, 0.15) is 25.3 Å². The van der Waals surface area contributed by atoms with Gasteiger partial charge >= 0.3 is 6.03 Å². The van der Waals surface area contributed by atoms with Crippen LogP contribution in [0.3, 0.4) is 0 Å². The topological polar surface area (TPSA) is 66.5 Å². The van der Waals surface area contributed by atoms with Crippen molar-refractivity contribution in [2.45, 2.75) is 38.8 Å². The number of nitrogens with zero attached hydrogens (tertiary/aromatic N) is 1. The van der Waals surface area contributed by atoms with Crippen LogP contribution in [0, 0.1) is 12.7 Å². The first-order valence-corrected chi connectivity index (χ1v) is 9.27. The van der Waals surface area contributed by atoms with Gasteiger partial charge in [-0.2, -0.15) is 0 Å². The molecule has 1 aromatic carbocycles. The molecule has 1 atom stereocenters. The normalized spacial score (nSPS) is 16.2. The van der Waals surface area contributed by atoms with Gasteiger partial charge in [0.25, 0.3) is 0 Å². The molecule has 1 aliphatic rings. The maximum atomic E-state index is 13.5. The lowest BCUT2D eigenvalue weighted by molar-refractivity contribution is 0.194. The van der Waals surface area contributed by atoms with Crippen LogP contribution in [0.2, 0.25) is 0 Å². The quantitative estimate of drug-likeness (QED) is 0.903.